The van der Waals surface area contributed by atoms with Crippen molar-refractivity contribution >= 4 is 54.7 Å². The van der Waals surface area contributed by atoms with Crippen LogP contribution in [-0.4, -0.2) is 66.7 Å². The first kappa shape index (κ1) is 28.5. The predicted molar refractivity (Wildman–Crippen MR) is 154 cm³/mol. The van der Waals surface area contributed by atoms with Gasteiger partial charge in [-0.2, -0.15) is 15.2 Å². The molecule has 0 bridgehead atoms. The zero-order chi connectivity index (χ0) is 29.9. The third-order valence-corrected chi connectivity index (χ3v) is 9.21. The molecular formula is C28H25ClF4N6O2S. The molecule has 0 aliphatic carbocycles. The molecule has 0 amide bonds. The number of nitrogens with two attached hydrogens (primary N) is 1. The summed E-state index contributed by atoms with van der Waals surface area (Å²) in [5, 5.41) is 9.78. The molecule has 0 spiro atoms. The van der Waals surface area contributed by atoms with Crippen LogP contribution in [0.2, 0.25) is 5.02 Å². The fourth-order valence-corrected chi connectivity index (χ4v) is 7.16. The van der Waals surface area contributed by atoms with Gasteiger partial charge in [-0.05, 0) is 45.0 Å². The Kier molecular flexibility index (Phi) is 7.41. The van der Waals surface area contributed by atoms with E-state index in [1.165, 1.54) is 11.0 Å². The molecule has 0 radical (unpaired) electrons. The lowest BCUT2D eigenvalue weighted by Gasteiger charge is -2.27. The second-order valence-electron chi connectivity index (χ2n) is 10.3. The van der Waals surface area contributed by atoms with Gasteiger partial charge in [0, 0.05) is 17.0 Å². The number of hydrogen-bond donors (Lipinski definition) is 1. The first-order valence-electron chi connectivity index (χ1n) is 13.3. The van der Waals surface area contributed by atoms with Crippen molar-refractivity contribution < 1.29 is 27.0 Å². The summed E-state index contributed by atoms with van der Waals surface area (Å²) < 4.78 is 70.9. The second-order valence-corrected chi connectivity index (χ2v) is 11.8. The molecule has 2 N–H and O–H groups in total. The van der Waals surface area contributed by atoms with Crippen LogP contribution in [0.25, 0.3) is 32.1 Å². The smallest absolute Gasteiger partial charge is 0.319 e. The third kappa shape index (κ3) is 4.62. The highest BCUT2D eigenvalue weighted by atomic mass is 35.5. The maximum Gasteiger partial charge on any atom is 0.319 e. The highest BCUT2D eigenvalue weighted by Gasteiger charge is 2.34. The minimum absolute atomic E-state index is 0.00358. The molecule has 1 saturated heterocycles. The summed E-state index contributed by atoms with van der Waals surface area (Å²) in [4.78, 5) is 12.3. The summed E-state index contributed by atoms with van der Waals surface area (Å²) in [6, 6.07) is 4.29. The molecule has 0 saturated carbocycles. The molecular weight excluding hydrogens is 596 g/mol. The van der Waals surface area contributed by atoms with E-state index in [1.54, 1.807) is 0 Å². The number of ether oxygens (including phenoxy) is 2. The Labute approximate surface area is 247 Å². The molecule has 0 unspecified atom stereocenters. The van der Waals surface area contributed by atoms with Gasteiger partial charge in [-0.3, -0.25) is 4.90 Å². The molecule has 2 aliphatic heterocycles. The normalized spacial score (nSPS) is 18.0. The van der Waals surface area contributed by atoms with Crippen LogP contribution < -0.4 is 20.1 Å². The molecule has 2 aliphatic rings. The van der Waals surface area contributed by atoms with Gasteiger partial charge in [0.1, 0.15) is 40.9 Å². The average Bonchev–Trinajstić information content (AvgIpc) is 3.48. The van der Waals surface area contributed by atoms with E-state index in [0.29, 0.717) is 0 Å². The number of thiophene rings is 1. The number of likely N-dealkylation sites (N-methyl/N-ethyl adjacent to an activating group) is 1. The Bertz CT molecular complexity index is 1760. The van der Waals surface area contributed by atoms with E-state index in [-0.39, 0.29) is 90.6 Å². The Morgan fingerprint density at radius 2 is 2.05 bits per heavy atom. The van der Waals surface area contributed by atoms with Crippen molar-refractivity contribution in [3.05, 3.63) is 34.4 Å². The Morgan fingerprint density at radius 1 is 1.26 bits per heavy atom. The monoisotopic (exact) mass is 620 g/mol. The largest absolute Gasteiger partial charge is 0.489 e. The summed E-state index contributed by atoms with van der Waals surface area (Å²) in [5.74, 6) is -1.57. The SMILES string of the molecule is C[C@H](Oc1nc2c3c(c(Cl)c(-c4ccc(F)c5sc(N)c(C#N)c45)c(F)c3n1)OCCN2CC(F)F)[C@@H]1CCCN1C. The third-order valence-electron chi connectivity index (χ3n) is 7.82. The number of aromatic nitrogens is 2. The first-order valence-corrected chi connectivity index (χ1v) is 14.5. The maximum atomic E-state index is 16.7. The maximum absolute atomic E-state index is 16.7. The number of nitrogen functional groups attached to an aromatic ring is 1. The standard InChI is InChI=1S/C28H25ClF4N6O2S/c1-12(16-4-3-7-38(16)2)41-28-36-23-20-24(40-9-8-39(11-17(31)32)27(20)37-28)21(29)19(22(23)33)13-5-6-15(30)25-18(13)14(10-34)26(35)42-25/h5-6,12,16-17H,3-4,7-9,11,35H2,1-2H3/t12-,16-/m0/s1. The van der Waals surface area contributed by atoms with Crippen molar-refractivity contribution in [3.63, 3.8) is 0 Å². The zero-order valence-corrected chi connectivity index (χ0v) is 24.1. The number of anilines is 2. The number of rotatable bonds is 6. The number of nitrogens with zero attached hydrogens (tertiary/aromatic N) is 5. The van der Waals surface area contributed by atoms with Crippen LogP contribution in [0.15, 0.2) is 12.1 Å². The molecule has 2 aromatic carbocycles. The number of likely N-dealkylation sites (tertiary alicyclic amines) is 1. The molecule has 4 aromatic rings. The zero-order valence-electron chi connectivity index (χ0n) is 22.6. The lowest BCUT2D eigenvalue weighted by Crippen LogP contribution is -2.38. The Hall–Kier alpha value is -3.60. The van der Waals surface area contributed by atoms with E-state index >= 15 is 4.39 Å². The molecule has 1 fully saturated rings. The summed E-state index contributed by atoms with van der Waals surface area (Å²) in [6.45, 7) is 2.02. The molecule has 4 heterocycles. The van der Waals surface area contributed by atoms with Gasteiger partial charge in [-0.1, -0.05) is 17.7 Å². The molecule has 42 heavy (non-hydrogen) atoms. The van der Waals surface area contributed by atoms with Gasteiger partial charge < -0.3 is 20.1 Å². The number of fused-ring (bicyclic) bond motifs is 1. The molecule has 8 nitrogen and oxygen atoms in total. The number of nitriles is 1. The van der Waals surface area contributed by atoms with Crippen LogP contribution in [0.5, 0.6) is 11.8 Å². The van der Waals surface area contributed by atoms with Crippen LogP contribution in [0.3, 0.4) is 0 Å². The summed E-state index contributed by atoms with van der Waals surface area (Å²) in [5.41, 5.74) is 5.64. The van der Waals surface area contributed by atoms with Gasteiger partial charge in [0.2, 0.25) is 0 Å². The van der Waals surface area contributed by atoms with Crippen molar-refractivity contribution in [1.29, 1.82) is 5.26 Å². The lowest BCUT2D eigenvalue weighted by molar-refractivity contribution is 0.112. The highest BCUT2D eigenvalue weighted by molar-refractivity contribution is 7.23. The van der Waals surface area contributed by atoms with E-state index in [0.717, 1.165) is 36.8 Å². The summed E-state index contributed by atoms with van der Waals surface area (Å²) in [7, 11) is 1.98. The molecule has 220 valence electrons. The average molecular weight is 621 g/mol. The van der Waals surface area contributed by atoms with Crippen molar-refractivity contribution in [2.75, 3.05) is 43.9 Å². The number of halogens is 5. The van der Waals surface area contributed by atoms with E-state index < -0.39 is 24.6 Å². The van der Waals surface area contributed by atoms with Gasteiger partial charge in [0.05, 0.1) is 33.8 Å². The molecule has 2 aromatic heterocycles. The number of benzene rings is 2. The minimum Gasteiger partial charge on any atom is -0.489 e. The fourth-order valence-electron chi connectivity index (χ4n) is 5.88. The van der Waals surface area contributed by atoms with E-state index in [9.17, 15) is 18.4 Å². The summed E-state index contributed by atoms with van der Waals surface area (Å²) >= 11 is 7.66. The Balaban J connectivity index is 1.63. The van der Waals surface area contributed by atoms with E-state index in [4.69, 9.17) is 26.8 Å². The van der Waals surface area contributed by atoms with Crippen molar-refractivity contribution in [2.45, 2.75) is 38.3 Å². The number of hydrogen-bond acceptors (Lipinski definition) is 9. The first-order chi connectivity index (χ1) is 20.1. The number of alkyl halides is 2. The fraction of sp³-hybridized carbons (Fsp3) is 0.393. The van der Waals surface area contributed by atoms with Crippen LogP contribution >= 0.6 is 22.9 Å². The minimum atomic E-state index is -2.72. The Morgan fingerprint density at radius 3 is 2.74 bits per heavy atom. The van der Waals surface area contributed by atoms with Gasteiger partial charge in [-0.25, -0.2) is 17.6 Å². The van der Waals surface area contributed by atoms with Crippen LogP contribution in [0.1, 0.15) is 25.3 Å². The van der Waals surface area contributed by atoms with E-state index in [1.807, 2.05) is 20.0 Å². The summed E-state index contributed by atoms with van der Waals surface area (Å²) in [6.07, 6.45) is -1.23. The van der Waals surface area contributed by atoms with Crippen LogP contribution in [-0.2, 0) is 0 Å². The lowest BCUT2D eigenvalue weighted by atomic mass is 9.96. The quantitative estimate of drug-likeness (QED) is 0.254. The molecule has 14 heteroatoms. The van der Waals surface area contributed by atoms with Crippen LogP contribution in [0.4, 0.5) is 28.4 Å². The van der Waals surface area contributed by atoms with E-state index in [2.05, 4.69) is 14.9 Å². The van der Waals surface area contributed by atoms with Crippen molar-refractivity contribution in [1.82, 2.24) is 14.9 Å². The van der Waals surface area contributed by atoms with Crippen molar-refractivity contribution in [3.8, 4) is 29.0 Å². The van der Waals surface area contributed by atoms with Gasteiger partial charge in [-0.15, -0.1) is 11.3 Å². The van der Waals surface area contributed by atoms with Gasteiger partial charge in [0.15, 0.2) is 11.6 Å². The van der Waals surface area contributed by atoms with Crippen molar-refractivity contribution in [2.24, 2.45) is 0 Å². The second kappa shape index (κ2) is 10.9. The predicted octanol–water partition coefficient (Wildman–Crippen LogP) is 6.22. The van der Waals surface area contributed by atoms with Gasteiger partial charge >= 0.3 is 6.01 Å². The molecule has 2 atom stereocenters. The highest BCUT2D eigenvalue weighted by Crippen LogP contribution is 2.50. The van der Waals surface area contributed by atoms with Crippen LogP contribution in [0, 0.1) is 23.0 Å². The van der Waals surface area contributed by atoms with Gasteiger partial charge in [0.25, 0.3) is 6.43 Å². The molecule has 6 rings (SSSR count). The topological polar surface area (TPSA) is 101 Å².